The monoisotopic (exact) mass is 281 g/mol. The number of fused-ring (bicyclic) bond motifs is 1. The molecule has 2 rings (SSSR count). The molecule has 2 aromatic rings. The van der Waals surface area contributed by atoms with Gasteiger partial charge in [0.15, 0.2) is 5.76 Å². The van der Waals surface area contributed by atoms with E-state index < -0.39 is 0 Å². The zero-order chi connectivity index (χ0) is 14.0. The second-order valence-electron chi connectivity index (χ2n) is 4.46. The summed E-state index contributed by atoms with van der Waals surface area (Å²) in [5.74, 6) is -0.0464. The quantitative estimate of drug-likeness (QED) is 0.906. The molecule has 4 nitrogen and oxygen atoms in total. The van der Waals surface area contributed by atoms with Crippen LogP contribution in [0.2, 0.25) is 5.02 Å². The van der Waals surface area contributed by atoms with Gasteiger partial charge in [-0.3, -0.25) is 4.79 Å². The fraction of sp³-hybridized carbons (Fsp3) is 0.357. The number of aliphatic hydroxyl groups excluding tert-OH is 1. The third-order valence-electron chi connectivity index (χ3n) is 3.15. The maximum atomic E-state index is 12.1. The average Bonchev–Trinajstić information content (AvgIpc) is 2.73. The van der Waals surface area contributed by atoms with Crippen LogP contribution < -0.4 is 5.32 Å². The number of carbonyl (C=O) groups excluding carboxylic acids is 1. The highest BCUT2D eigenvalue weighted by Gasteiger charge is 2.19. The van der Waals surface area contributed by atoms with Crippen LogP contribution in [0.5, 0.6) is 0 Å². The smallest absolute Gasteiger partial charge is 0.287 e. The van der Waals surface area contributed by atoms with Crippen LogP contribution in [0.1, 0.15) is 29.5 Å². The molecule has 0 unspecified atom stereocenters. The molecule has 0 spiro atoms. The Balaban J connectivity index is 2.35. The van der Waals surface area contributed by atoms with Gasteiger partial charge < -0.3 is 14.8 Å². The minimum Gasteiger partial charge on any atom is -0.451 e. The van der Waals surface area contributed by atoms with Gasteiger partial charge in [0.2, 0.25) is 0 Å². The van der Waals surface area contributed by atoms with Crippen molar-refractivity contribution in [3.05, 3.63) is 34.5 Å². The van der Waals surface area contributed by atoms with Gasteiger partial charge in [-0.2, -0.15) is 0 Å². The summed E-state index contributed by atoms with van der Waals surface area (Å²) in [7, 11) is 0. The lowest BCUT2D eigenvalue weighted by atomic mass is 10.1. The Hall–Kier alpha value is -1.52. The number of furan rings is 1. The molecule has 0 fully saturated rings. The van der Waals surface area contributed by atoms with Crippen molar-refractivity contribution in [2.75, 3.05) is 6.61 Å². The number of hydrogen-bond acceptors (Lipinski definition) is 3. The average molecular weight is 282 g/mol. The van der Waals surface area contributed by atoms with Crippen molar-refractivity contribution >= 4 is 28.5 Å². The normalized spacial score (nSPS) is 12.6. The molecule has 0 saturated carbocycles. The molecule has 2 N–H and O–H groups in total. The second kappa shape index (κ2) is 5.63. The van der Waals surface area contributed by atoms with Gasteiger partial charge in [-0.25, -0.2) is 0 Å². The van der Waals surface area contributed by atoms with E-state index in [9.17, 15) is 4.79 Å². The molecule has 0 aliphatic carbocycles. The Labute approximate surface area is 116 Å². The number of amides is 1. The lowest BCUT2D eigenvalue weighted by Gasteiger charge is -2.12. The summed E-state index contributed by atoms with van der Waals surface area (Å²) in [6, 6.07) is 4.97. The third kappa shape index (κ3) is 2.74. The fourth-order valence-corrected chi connectivity index (χ4v) is 2.11. The van der Waals surface area contributed by atoms with Gasteiger partial charge in [-0.1, -0.05) is 18.5 Å². The lowest BCUT2D eigenvalue weighted by Crippen LogP contribution is -2.37. The van der Waals surface area contributed by atoms with E-state index in [1.54, 1.807) is 18.2 Å². The van der Waals surface area contributed by atoms with Gasteiger partial charge >= 0.3 is 0 Å². The van der Waals surface area contributed by atoms with Crippen molar-refractivity contribution in [3.8, 4) is 0 Å². The predicted molar refractivity (Wildman–Crippen MR) is 74.6 cm³/mol. The molecule has 1 amide bonds. The summed E-state index contributed by atoms with van der Waals surface area (Å²) in [5, 5.41) is 13.3. The van der Waals surface area contributed by atoms with Crippen molar-refractivity contribution < 1.29 is 14.3 Å². The predicted octanol–water partition coefficient (Wildman–Crippen LogP) is 2.90. The number of aliphatic hydroxyl groups is 1. The highest BCUT2D eigenvalue weighted by Crippen LogP contribution is 2.27. The maximum Gasteiger partial charge on any atom is 0.287 e. The zero-order valence-corrected chi connectivity index (χ0v) is 11.6. The molecule has 1 atom stereocenters. The lowest BCUT2D eigenvalue weighted by molar-refractivity contribution is 0.0888. The maximum absolute atomic E-state index is 12.1. The molecule has 0 bridgehead atoms. The van der Waals surface area contributed by atoms with E-state index in [0.29, 0.717) is 17.0 Å². The number of aryl methyl sites for hydroxylation is 1. The Morgan fingerprint density at radius 3 is 2.89 bits per heavy atom. The minimum absolute atomic E-state index is 0.0899. The molecule has 0 saturated heterocycles. The molecular weight excluding hydrogens is 266 g/mol. The first-order valence-electron chi connectivity index (χ1n) is 6.17. The summed E-state index contributed by atoms with van der Waals surface area (Å²) >= 11 is 5.93. The number of benzene rings is 1. The Kier molecular flexibility index (Phi) is 4.12. The van der Waals surface area contributed by atoms with Gasteiger partial charge in [-0.15, -0.1) is 0 Å². The molecule has 0 aliphatic heterocycles. The molecule has 5 heteroatoms. The third-order valence-corrected chi connectivity index (χ3v) is 3.39. The number of carbonyl (C=O) groups is 1. The van der Waals surface area contributed by atoms with Crippen molar-refractivity contribution in [2.45, 2.75) is 26.3 Å². The van der Waals surface area contributed by atoms with Crippen molar-refractivity contribution in [1.82, 2.24) is 5.32 Å². The molecule has 102 valence electrons. The van der Waals surface area contributed by atoms with E-state index in [2.05, 4.69) is 5.32 Å². The molecule has 1 aromatic heterocycles. The van der Waals surface area contributed by atoms with Crippen molar-refractivity contribution in [2.24, 2.45) is 0 Å². The van der Waals surface area contributed by atoms with Gasteiger partial charge in [0.25, 0.3) is 5.91 Å². The van der Waals surface area contributed by atoms with Crippen LogP contribution >= 0.6 is 11.6 Å². The van der Waals surface area contributed by atoms with Crippen LogP contribution in [0.3, 0.4) is 0 Å². The minimum atomic E-state index is -0.314. The van der Waals surface area contributed by atoms with E-state index in [1.807, 2.05) is 13.8 Å². The summed E-state index contributed by atoms with van der Waals surface area (Å²) in [6.07, 6.45) is 0.660. The molecule has 1 heterocycles. The van der Waals surface area contributed by atoms with E-state index >= 15 is 0 Å². The van der Waals surface area contributed by atoms with Crippen LogP contribution in [0.25, 0.3) is 11.0 Å². The molecule has 1 aromatic carbocycles. The molecule has 19 heavy (non-hydrogen) atoms. The van der Waals surface area contributed by atoms with E-state index in [1.165, 1.54) is 0 Å². The highest BCUT2D eigenvalue weighted by atomic mass is 35.5. The number of nitrogens with one attached hydrogen (secondary N) is 1. The van der Waals surface area contributed by atoms with Crippen LogP contribution in [-0.4, -0.2) is 23.7 Å². The summed E-state index contributed by atoms with van der Waals surface area (Å²) < 4.78 is 5.55. The zero-order valence-electron chi connectivity index (χ0n) is 10.9. The van der Waals surface area contributed by atoms with E-state index in [4.69, 9.17) is 21.1 Å². The van der Waals surface area contributed by atoms with Crippen LogP contribution in [0, 0.1) is 6.92 Å². The molecular formula is C14H16ClNO3. The van der Waals surface area contributed by atoms with E-state index in [-0.39, 0.29) is 24.3 Å². The van der Waals surface area contributed by atoms with Crippen LogP contribution in [0.4, 0.5) is 0 Å². The summed E-state index contributed by atoms with van der Waals surface area (Å²) in [6.45, 7) is 3.62. The Morgan fingerprint density at radius 1 is 1.53 bits per heavy atom. The van der Waals surface area contributed by atoms with Crippen molar-refractivity contribution in [1.29, 1.82) is 0 Å². The van der Waals surface area contributed by atoms with Gasteiger partial charge in [0, 0.05) is 16.0 Å². The van der Waals surface area contributed by atoms with Gasteiger partial charge in [0.1, 0.15) is 5.58 Å². The topological polar surface area (TPSA) is 62.5 Å². The van der Waals surface area contributed by atoms with Crippen LogP contribution in [-0.2, 0) is 0 Å². The first kappa shape index (κ1) is 13.9. The van der Waals surface area contributed by atoms with Crippen molar-refractivity contribution in [3.63, 3.8) is 0 Å². The standard InChI is InChI=1S/C14H16ClNO3/c1-3-10(7-17)16-14(18)13-8(2)11-6-9(15)4-5-12(11)19-13/h4-6,10,17H,3,7H2,1-2H3,(H,16,18)/t10-/m0/s1. The largest absolute Gasteiger partial charge is 0.451 e. The number of rotatable bonds is 4. The first-order chi connectivity index (χ1) is 9.06. The molecule has 0 aliphatic rings. The number of halogens is 1. The van der Waals surface area contributed by atoms with Crippen LogP contribution in [0.15, 0.2) is 22.6 Å². The van der Waals surface area contributed by atoms with Gasteiger partial charge in [-0.05, 0) is 31.5 Å². The summed E-state index contributed by atoms with van der Waals surface area (Å²) in [5.41, 5.74) is 1.38. The Morgan fingerprint density at radius 2 is 2.26 bits per heavy atom. The second-order valence-corrected chi connectivity index (χ2v) is 4.89. The highest BCUT2D eigenvalue weighted by molar-refractivity contribution is 6.31. The Bertz CT molecular complexity index is 602. The first-order valence-corrected chi connectivity index (χ1v) is 6.55. The molecule has 0 radical (unpaired) electrons. The summed E-state index contributed by atoms with van der Waals surface area (Å²) in [4.78, 5) is 12.1. The van der Waals surface area contributed by atoms with Gasteiger partial charge in [0.05, 0.1) is 12.6 Å². The fourth-order valence-electron chi connectivity index (χ4n) is 1.94. The SMILES string of the molecule is CC[C@@H](CO)NC(=O)c1oc2ccc(Cl)cc2c1C. The number of hydrogen-bond donors (Lipinski definition) is 2. The van der Waals surface area contributed by atoms with E-state index in [0.717, 1.165) is 10.9 Å².